The number of hydrogen-bond acceptors (Lipinski definition) is 5. The van der Waals surface area contributed by atoms with Crippen molar-refractivity contribution in [2.24, 2.45) is 0 Å². The van der Waals surface area contributed by atoms with E-state index in [4.69, 9.17) is 18.0 Å². The number of hydrogen-bond donors (Lipinski definition) is 1. The topological polar surface area (TPSA) is 57.2 Å². The van der Waals surface area contributed by atoms with E-state index in [2.05, 4.69) is 19.1 Å². The summed E-state index contributed by atoms with van der Waals surface area (Å²) >= 11 is 0. The molecule has 0 radical (unpaired) electrons. The van der Waals surface area contributed by atoms with Crippen molar-refractivity contribution < 1.29 is 23.1 Å². The first kappa shape index (κ1) is 23.4. The van der Waals surface area contributed by atoms with Crippen LogP contribution >= 0.6 is 0 Å². The van der Waals surface area contributed by atoms with Crippen LogP contribution in [0.2, 0.25) is 6.04 Å². The van der Waals surface area contributed by atoms with Gasteiger partial charge in [-0.3, -0.25) is 0 Å². The first-order chi connectivity index (χ1) is 14.1. The minimum absolute atomic E-state index is 0.272. The van der Waals surface area contributed by atoms with E-state index in [-0.39, 0.29) is 5.75 Å². The highest BCUT2D eigenvalue weighted by Gasteiger charge is 2.36. The zero-order chi connectivity index (χ0) is 21.1. The van der Waals surface area contributed by atoms with Gasteiger partial charge in [-0.05, 0) is 60.2 Å². The molecule has 0 aliphatic carbocycles. The van der Waals surface area contributed by atoms with Crippen molar-refractivity contribution in [1.29, 1.82) is 0 Å². The molecule has 160 valence electrons. The molecule has 0 fully saturated rings. The predicted molar refractivity (Wildman–Crippen MR) is 118 cm³/mol. The molecule has 2 aromatic rings. The third-order valence-corrected chi connectivity index (χ3v) is 7.96. The molecule has 0 saturated heterocycles. The Kier molecular flexibility index (Phi) is 9.67. The Morgan fingerprint density at radius 3 is 2.17 bits per heavy atom. The molecule has 0 aliphatic heterocycles. The highest BCUT2D eigenvalue weighted by molar-refractivity contribution is 6.60. The van der Waals surface area contributed by atoms with Gasteiger partial charge in [0.05, 0.1) is 6.61 Å². The second-order valence-electron chi connectivity index (χ2n) is 7.07. The minimum Gasteiger partial charge on any atom is -0.508 e. The second-order valence-corrected chi connectivity index (χ2v) is 10.2. The van der Waals surface area contributed by atoms with Gasteiger partial charge in [0.1, 0.15) is 11.5 Å². The monoisotopic (exact) mass is 418 g/mol. The number of unbranched alkanes of at least 4 members (excludes halogenated alkanes) is 2. The molecule has 2 aromatic carbocycles. The van der Waals surface area contributed by atoms with Crippen molar-refractivity contribution in [3.8, 4) is 22.6 Å². The molecular formula is C23H34O5Si. The maximum atomic E-state index is 9.98. The van der Waals surface area contributed by atoms with E-state index in [0.29, 0.717) is 0 Å². The summed E-state index contributed by atoms with van der Waals surface area (Å²) in [4.78, 5) is 0. The quantitative estimate of drug-likeness (QED) is 0.347. The first-order valence-electron chi connectivity index (χ1n) is 10.3. The van der Waals surface area contributed by atoms with Crippen LogP contribution < -0.4 is 4.74 Å². The third-order valence-electron chi connectivity index (χ3n) is 5.13. The van der Waals surface area contributed by atoms with Crippen molar-refractivity contribution in [3.05, 3.63) is 48.0 Å². The maximum absolute atomic E-state index is 9.98. The summed E-state index contributed by atoms with van der Waals surface area (Å²) in [6.45, 7) is 2.94. The fourth-order valence-corrected chi connectivity index (χ4v) is 5.12. The van der Waals surface area contributed by atoms with Gasteiger partial charge in [0.2, 0.25) is 0 Å². The van der Waals surface area contributed by atoms with Crippen LogP contribution in [-0.2, 0) is 19.7 Å². The van der Waals surface area contributed by atoms with Crippen molar-refractivity contribution in [1.82, 2.24) is 0 Å². The molecule has 0 bridgehead atoms. The van der Waals surface area contributed by atoms with Crippen molar-refractivity contribution in [2.75, 3.05) is 27.9 Å². The number of ether oxygens (including phenoxy) is 1. The van der Waals surface area contributed by atoms with E-state index in [1.54, 1.807) is 27.4 Å². The smallest absolute Gasteiger partial charge is 0.500 e. The van der Waals surface area contributed by atoms with Crippen LogP contribution in [0, 0.1) is 0 Å². The van der Waals surface area contributed by atoms with E-state index in [1.165, 1.54) is 12.8 Å². The van der Waals surface area contributed by atoms with Gasteiger partial charge in [-0.1, -0.05) is 38.0 Å². The molecule has 2 rings (SSSR count). The van der Waals surface area contributed by atoms with E-state index < -0.39 is 8.80 Å². The first-order valence-corrected chi connectivity index (χ1v) is 12.2. The Morgan fingerprint density at radius 1 is 0.862 bits per heavy atom. The molecule has 0 spiro atoms. The summed E-state index contributed by atoms with van der Waals surface area (Å²) < 4.78 is 22.3. The van der Waals surface area contributed by atoms with Gasteiger partial charge in [0.15, 0.2) is 0 Å². The summed E-state index contributed by atoms with van der Waals surface area (Å²) in [5.74, 6) is 1.16. The molecule has 0 heterocycles. The van der Waals surface area contributed by atoms with E-state index >= 15 is 0 Å². The maximum Gasteiger partial charge on any atom is 0.500 e. The highest BCUT2D eigenvalue weighted by atomic mass is 28.4. The number of aromatic hydroxyl groups is 1. The van der Waals surface area contributed by atoms with Crippen LogP contribution in [-0.4, -0.2) is 41.8 Å². The molecule has 0 aromatic heterocycles. The number of phenolic OH excluding ortho intramolecular Hbond substituents is 1. The summed E-state index contributed by atoms with van der Waals surface area (Å²) in [6, 6.07) is 14.4. The summed E-state index contributed by atoms with van der Waals surface area (Å²) in [6.07, 6.45) is 5.10. The molecule has 0 unspecified atom stereocenters. The SMILES string of the molecule is CCCCCOc1ccc(-c2ccc(O)cc2CCC[Si](OC)(OC)OC)cc1. The van der Waals surface area contributed by atoms with Crippen LogP contribution in [0.5, 0.6) is 11.5 Å². The van der Waals surface area contributed by atoms with Crippen LogP contribution in [0.15, 0.2) is 42.5 Å². The van der Waals surface area contributed by atoms with Crippen molar-refractivity contribution in [3.63, 3.8) is 0 Å². The molecule has 1 N–H and O–H groups in total. The van der Waals surface area contributed by atoms with Crippen molar-refractivity contribution >= 4 is 8.80 Å². The van der Waals surface area contributed by atoms with Gasteiger partial charge in [0.25, 0.3) is 0 Å². The average Bonchev–Trinajstić information content (AvgIpc) is 2.75. The molecular weight excluding hydrogens is 384 g/mol. The molecule has 0 amide bonds. The lowest BCUT2D eigenvalue weighted by atomic mass is 9.96. The Labute approximate surface area is 176 Å². The normalized spacial score (nSPS) is 11.6. The number of aryl methyl sites for hydroxylation is 1. The highest BCUT2D eigenvalue weighted by Crippen LogP contribution is 2.30. The number of rotatable bonds is 13. The fraction of sp³-hybridized carbons (Fsp3) is 0.478. The van der Waals surface area contributed by atoms with Crippen LogP contribution in [0.1, 0.15) is 38.2 Å². The van der Waals surface area contributed by atoms with Crippen LogP contribution in [0.3, 0.4) is 0 Å². The zero-order valence-corrected chi connectivity index (χ0v) is 19.1. The Hall–Kier alpha value is -1.86. The lowest BCUT2D eigenvalue weighted by Crippen LogP contribution is -2.42. The molecule has 29 heavy (non-hydrogen) atoms. The van der Waals surface area contributed by atoms with Gasteiger partial charge in [-0.15, -0.1) is 0 Å². The zero-order valence-electron chi connectivity index (χ0n) is 18.1. The Morgan fingerprint density at radius 2 is 1.55 bits per heavy atom. The Balaban J connectivity index is 2.07. The van der Waals surface area contributed by atoms with E-state index in [9.17, 15) is 5.11 Å². The lowest BCUT2D eigenvalue weighted by molar-refractivity contribution is 0.123. The average molecular weight is 419 g/mol. The third kappa shape index (κ3) is 6.85. The van der Waals surface area contributed by atoms with E-state index in [1.807, 2.05) is 24.3 Å². The molecule has 5 nitrogen and oxygen atoms in total. The van der Waals surface area contributed by atoms with Gasteiger partial charge >= 0.3 is 8.80 Å². The van der Waals surface area contributed by atoms with Gasteiger partial charge in [-0.25, -0.2) is 0 Å². The van der Waals surface area contributed by atoms with Crippen molar-refractivity contribution in [2.45, 2.75) is 45.1 Å². The number of benzene rings is 2. The summed E-state index contributed by atoms with van der Waals surface area (Å²) in [5, 5.41) is 9.98. The van der Waals surface area contributed by atoms with Gasteiger partial charge in [0, 0.05) is 27.4 Å². The van der Waals surface area contributed by atoms with E-state index in [0.717, 1.165) is 54.4 Å². The van der Waals surface area contributed by atoms with Gasteiger partial charge < -0.3 is 23.1 Å². The van der Waals surface area contributed by atoms with Gasteiger partial charge in [-0.2, -0.15) is 0 Å². The standard InChI is InChI=1S/C23H34O5Si/c1-5-6-7-16-28-22-13-10-19(11-14-22)23-15-12-21(24)18-20(23)9-8-17-29(25-2,26-3)27-4/h10-15,18,24H,5-9,16-17H2,1-4H3. The summed E-state index contributed by atoms with van der Waals surface area (Å²) in [5.41, 5.74) is 3.31. The lowest BCUT2D eigenvalue weighted by Gasteiger charge is -2.24. The molecule has 0 atom stereocenters. The number of phenols is 1. The summed E-state index contributed by atoms with van der Waals surface area (Å²) in [7, 11) is 2.30. The Bertz CT molecular complexity index is 720. The molecule has 0 aliphatic rings. The second kappa shape index (κ2) is 12.0. The van der Waals surface area contributed by atoms with Crippen LogP contribution in [0.4, 0.5) is 0 Å². The largest absolute Gasteiger partial charge is 0.508 e. The molecule has 0 saturated carbocycles. The van der Waals surface area contributed by atoms with Crippen LogP contribution in [0.25, 0.3) is 11.1 Å². The minimum atomic E-state index is -2.59. The molecule has 6 heteroatoms. The fourth-order valence-electron chi connectivity index (χ4n) is 3.39. The predicted octanol–water partition coefficient (Wildman–Crippen LogP) is 5.44.